The van der Waals surface area contributed by atoms with Gasteiger partial charge in [-0.05, 0) is 66.8 Å². The van der Waals surface area contributed by atoms with Crippen molar-refractivity contribution in [2.75, 3.05) is 10.9 Å². The van der Waals surface area contributed by atoms with Crippen molar-refractivity contribution in [3.63, 3.8) is 0 Å². The molecule has 0 saturated carbocycles. The first-order valence-corrected chi connectivity index (χ1v) is 12.9. The van der Waals surface area contributed by atoms with Crippen LogP contribution in [0.1, 0.15) is 42.1 Å². The zero-order valence-corrected chi connectivity index (χ0v) is 20.5. The number of hydrogen-bond donors (Lipinski definition) is 2. The fourth-order valence-corrected chi connectivity index (χ4v) is 4.93. The Balaban J connectivity index is 1.64. The second-order valence-electron chi connectivity index (χ2n) is 8.19. The molecule has 0 aromatic heterocycles. The van der Waals surface area contributed by atoms with Crippen LogP contribution in [0.25, 0.3) is 10.8 Å². The molecular weight excluding hydrogens is 484 g/mol. The molecular formula is C26H26N2O7S. The number of fused-ring (bicyclic) bond motifs is 1. The molecule has 0 fully saturated rings. The smallest absolute Gasteiger partial charge is 0.343 e. The first-order valence-electron chi connectivity index (χ1n) is 11.5. The maximum atomic E-state index is 12.7. The fraction of sp³-hybridized carbons (Fsp3) is 0.231. The summed E-state index contributed by atoms with van der Waals surface area (Å²) in [7, 11) is -4.12. The molecule has 2 N–H and O–H groups in total. The number of unbranched alkanes of at least 4 members (excludes halogenated alkanes) is 1. The van der Waals surface area contributed by atoms with E-state index in [2.05, 4.69) is 0 Å². The van der Waals surface area contributed by atoms with Crippen molar-refractivity contribution in [3.05, 3.63) is 83.9 Å². The zero-order valence-electron chi connectivity index (χ0n) is 19.6. The molecule has 3 aromatic carbocycles. The lowest BCUT2D eigenvalue weighted by Crippen LogP contribution is -2.30. The number of hydrogen-bond acceptors (Lipinski definition) is 7. The van der Waals surface area contributed by atoms with Crippen LogP contribution in [0, 0.1) is 0 Å². The van der Waals surface area contributed by atoms with Gasteiger partial charge in [-0.1, -0.05) is 36.4 Å². The van der Waals surface area contributed by atoms with Crippen molar-refractivity contribution in [1.29, 1.82) is 0 Å². The molecule has 9 nitrogen and oxygen atoms in total. The van der Waals surface area contributed by atoms with Gasteiger partial charge in [0.05, 0.1) is 18.4 Å². The number of esters is 2. The van der Waals surface area contributed by atoms with Crippen LogP contribution in [0.5, 0.6) is 5.75 Å². The van der Waals surface area contributed by atoms with Gasteiger partial charge in [-0.15, -0.1) is 0 Å². The van der Waals surface area contributed by atoms with Crippen molar-refractivity contribution >= 4 is 38.6 Å². The number of nitrogens with zero attached hydrogens (tertiary/aromatic N) is 1. The molecule has 1 heterocycles. The van der Waals surface area contributed by atoms with Crippen LogP contribution in [0.2, 0.25) is 0 Å². The standard InChI is InChI=1S/C26H26N2O7S/c1-2-34-25(30)11-7-6-8-18-12-13-20-16-23(35-26(31)19-9-4-3-5-10-19)22(15-21(20)14-18)28-17-24(29)27-36(28,32)33/h3-5,9-10,12-17,27,29H,2,6-8,11H2,1H3. The topological polar surface area (TPSA) is 122 Å². The molecule has 0 radical (unpaired) electrons. The van der Waals surface area contributed by atoms with E-state index in [0.29, 0.717) is 25.0 Å². The Kier molecular flexibility index (Phi) is 7.44. The van der Waals surface area contributed by atoms with Gasteiger partial charge in [0.2, 0.25) is 5.88 Å². The maximum absolute atomic E-state index is 12.7. The summed E-state index contributed by atoms with van der Waals surface area (Å²) in [5.41, 5.74) is 1.39. The lowest BCUT2D eigenvalue weighted by Gasteiger charge is -2.19. The summed E-state index contributed by atoms with van der Waals surface area (Å²) in [6.07, 6.45) is 3.57. The van der Waals surface area contributed by atoms with Gasteiger partial charge in [0.25, 0.3) is 0 Å². The van der Waals surface area contributed by atoms with Crippen molar-refractivity contribution < 1.29 is 32.6 Å². The van der Waals surface area contributed by atoms with Gasteiger partial charge in [0.1, 0.15) is 5.69 Å². The Morgan fingerprint density at radius 3 is 2.47 bits per heavy atom. The van der Waals surface area contributed by atoms with Crippen molar-refractivity contribution in [3.8, 4) is 5.75 Å². The van der Waals surface area contributed by atoms with Gasteiger partial charge < -0.3 is 14.6 Å². The first-order chi connectivity index (χ1) is 17.3. The molecule has 0 amide bonds. The molecule has 0 saturated heterocycles. The average molecular weight is 511 g/mol. The third kappa shape index (κ3) is 5.77. The van der Waals surface area contributed by atoms with E-state index in [-0.39, 0.29) is 17.4 Å². The van der Waals surface area contributed by atoms with Gasteiger partial charge in [-0.3, -0.25) is 4.79 Å². The van der Waals surface area contributed by atoms with E-state index in [4.69, 9.17) is 9.47 Å². The third-order valence-corrected chi connectivity index (χ3v) is 6.85. The van der Waals surface area contributed by atoms with E-state index < -0.39 is 22.1 Å². The van der Waals surface area contributed by atoms with Crippen LogP contribution in [0.3, 0.4) is 0 Å². The van der Waals surface area contributed by atoms with Gasteiger partial charge in [0.15, 0.2) is 5.75 Å². The number of aliphatic hydroxyl groups excluding tert-OH is 1. The van der Waals surface area contributed by atoms with Gasteiger partial charge in [-0.2, -0.15) is 8.42 Å². The predicted molar refractivity (Wildman–Crippen MR) is 135 cm³/mol. The minimum Gasteiger partial charge on any atom is -0.493 e. The van der Waals surface area contributed by atoms with E-state index in [0.717, 1.165) is 39.7 Å². The van der Waals surface area contributed by atoms with Crippen LogP contribution in [-0.4, -0.2) is 32.1 Å². The highest BCUT2D eigenvalue weighted by molar-refractivity contribution is 7.91. The maximum Gasteiger partial charge on any atom is 0.343 e. The Labute approximate surface area is 209 Å². The van der Waals surface area contributed by atoms with E-state index in [1.807, 2.05) is 22.9 Å². The van der Waals surface area contributed by atoms with E-state index in [9.17, 15) is 23.1 Å². The summed E-state index contributed by atoms with van der Waals surface area (Å²) >= 11 is 0. The summed E-state index contributed by atoms with van der Waals surface area (Å²) in [4.78, 5) is 24.3. The van der Waals surface area contributed by atoms with Crippen molar-refractivity contribution in [2.24, 2.45) is 0 Å². The van der Waals surface area contributed by atoms with Crippen LogP contribution in [0.15, 0.2) is 72.7 Å². The highest BCUT2D eigenvalue weighted by Crippen LogP contribution is 2.37. The predicted octanol–water partition coefficient (Wildman–Crippen LogP) is 4.35. The van der Waals surface area contributed by atoms with Crippen LogP contribution < -0.4 is 13.8 Å². The van der Waals surface area contributed by atoms with Gasteiger partial charge >= 0.3 is 22.1 Å². The Morgan fingerprint density at radius 1 is 1.00 bits per heavy atom. The van der Waals surface area contributed by atoms with E-state index in [1.54, 1.807) is 49.4 Å². The monoisotopic (exact) mass is 510 g/mol. The number of aryl methyl sites for hydroxylation is 1. The lowest BCUT2D eigenvalue weighted by molar-refractivity contribution is -0.143. The molecule has 4 rings (SSSR count). The summed E-state index contributed by atoms with van der Waals surface area (Å²) in [5, 5.41) is 11.2. The average Bonchev–Trinajstić information content (AvgIpc) is 3.13. The highest BCUT2D eigenvalue weighted by Gasteiger charge is 2.32. The summed E-state index contributed by atoms with van der Waals surface area (Å²) in [6.45, 7) is 2.14. The van der Waals surface area contributed by atoms with Gasteiger partial charge in [-0.25, -0.2) is 13.8 Å². The molecule has 0 aliphatic carbocycles. The van der Waals surface area contributed by atoms with Crippen LogP contribution in [-0.2, 0) is 26.2 Å². The van der Waals surface area contributed by atoms with Gasteiger partial charge in [0, 0.05) is 6.42 Å². The third-order valence-electron chi connectivity index (χ3n) is 5.57. The number of nitrogens with one attached hydrogen (secondary N) is 1. The first kappa shape index (κ1) is 25.1. The fourth-order valence-electron chi connectivity index (χ4n) is 3.88. The largest absolute Gasteiger partial charge is 0.493 e. The van der Waals surface area contributed by atoms with Crippen LogP contribution >= 0.6 is 0 Å². The summed E-state index contributed by atoms with van der Waals surface area (Å²) in [5.74, 6) is -1.39. The number of aliphatic hydroxyl groups is 1. The minimum absolute atomic E-state index is 0.0230. The molecule has 188 valence electrons. The Hall–Kier alpha value is -4.05. The lowest BCUT2D eigenvalue weighted by atomic mass is 10.0. The molecule has 36 heavy (non-hydrogen) atoms. The molecule has 10 heteroatoms. The number of ether oxygens (including phenoxy) is 2. The molecule has 1 aliphatic rings. The Bertz CT molecular complexity index is 1420. The molecule has 0 atom stereocenters. The van der Waals surface area contributed by atoms with E-state index >= 15 is 0 Å². The zero-order chi connectivity index (χ0) is 25.7. The molecule has 0 bridgehead atoms. The number of benzene rings is 3. The second-order valence-corrected chi connectivity index (χ2v) is 9.73. The normalized spacial score (nSPS) is 14.2. The number of carbonyl (C=O) groups is 2. The molecule has 3 aromatic rings. The number of carbonyl (C=O) groups excluding carboxylic acids is 2. The molecule has 0 unspecified atom stereocenters. The van der Waals surface area contributed by atoms with Crippen LogP contribution in [0.4, 0.5) is 5.69 Å². The minimum atomic E-state index is -4.12. The number of anilines is 1. The summed E-state index contributed by atoms with van der Waals surface area (Å²) < 4.78 is 38.6. The van der Waals surface area contributed by atoms with Crippen molar-refractivity contribution in [1.82, 2.24) is 4.72 Å². The second kappa shape index (κ2) is 10.7. The molecule has 0 spiro atoms. The molecule has 1 aliphatic heterocycles. The number of rotatable bonds is 9. The quantitative estimate of drug-likeness (QED) is 0.249. The Morgan fingerprint density at radius 2 is 1.78 bits per heavy atom. The SMILES string of the molecule is CCOC(=O)CCCCc1ccc2cc(OC(=O)c3ccccc3)c(N3C=C(O)NS3(=O)=O)cc2c1. The summed E-state index contributed by atoms with van der Waals surface area (Å²) in [6, 6.07) is 17.3. The van der Waals surface area contributed by atoms with Crippen molar-refractivity contribution in [2.45, 2.75) is 32.6 Å². The van der Waals surface area contributed by atoms with E-state index in [1.165, 1.54) is 0 Å². The highest BCUT2D eigenvalue weighted by atomic mass is 32.2.